The summed E-state index contributed by atoms with van der Waals surface area (Å²) in [6.07, 6.45) is 2.68. The first kappa shape index (κ1) is 21.0. The molecule has 2 aromatic carbocycles. The zero-order valence-electron chi connectivity index (χ0n) is 16.8. The van der Waals surface area contributed by atoms with Crippen molar-refractivity contribution in [2.75, 3.05) is 19.3 Å². The summed E-state index contributed by atoms with van der Waals surface area (Å²) in [7, 11) is -3.65. The SMILES string of the molecule is CS(=O)(=O)NC(=O)c1ccc(-c2ccnc3ccc(C(=O)N4CC[C@H](O)C4)cc23)cc1. The Morgan fingerprint density at radius 2 is 1.81 bits per heavy atom. The number of hydrogen-bond acceptors (Lipinski definition) is 6. The largest absolute Gasteiger partial charge is 0.391 e. The zero-order valence-corrected chi connectivity index (χ0v) is 17.6. The molecule has 2 amide bonds. The number of carbonyl (C=O) groups is 2. The van der Waals surface area contributed by atoms with Crippen LogP contribution in [0.5, 0.6) is 0 Å². The smallest absolute Gasteiger partial charge is 0.264 e. The summed E-state index contributed by atoms with van der Waals surface area (Å²) >= 11 is 0. The van der Waals surface area contributed by atoms with Crippen molar-refractivity contribution < 1.29 is 23.1 Å². The molecular weight excluding hydrogens is 418 g/mol. The van der Waals surface area contributed by atoms with Crippen molar-refractivity contribution in [1.29, 1.82) is 0 Å². The van der Waals surface area contributed by atoms with Crippen molar-refractivity contribution in [3.8, 4) is 11.1 Å². The number of fused-ring (bicyclic) bond motifs is 1. The van der Waals surface area contributed by atoms with Gasteiger partial charge in [-0.05, 0) is 53.9 Å². The van der Waals surface area contributed by atoms with E-state index in [1.807, 2.05) is 10.8 Å². The quantitative estimate of drug-likeness (QED) is 0.640. The van der Waals surface area contributed by atoms with Crippen LogP contribution in [0.15, 0.2) is 54.7 Å². The molecule has 4 rings (SSSR count). The van der Waals surface area contributed by atoms with Crippen molar-refractivity contribution in [2.24, 2.45) is 0 Å². The molecule has 0 spiro atoms. The fourth-order valence-electron chi connectivity index (χ4n) is 3.67. The van der Waals surface area contributed by atoms with Gasteiger partial charge in [-0.3, -0.25) is 14.6 Å². The van der Waals surface area contributed by atoms with Gasteiger partial charge in [0.05, 0.1) is 17.9 Å². The highest BCUT2D eigenvalue weighted by Crippen LogP contribution is 2.29. The minimum Gasteiger partial charge on any atom is -0.391 e. The van der Waals surface area contributed by atoms with Gasteiger partial charge in [-0.1, -0.05) is 12.1 Å². The number of aliphatic hydroxyl groups excluding tert-OH is 1. The molecule has 160 valence electrons. The molecule has 2 heterocycles. The molecule has 0 radical (unpaired) electrons. The lowest BCUT2D eigenvalue weighted by Crippen LogP contribution is -2.29. The van der Waals surface area contributed by atoms with Crippen LogP contribution < -0.4 is 4.72 Å². The number of aromatic nitrogens is 1. The maximum atomic E-state index is 12.8. The molecule has 0 aliphatic carbocycles. The summed E-state index contributed by atoms with van der Waals surface area (Å²) in [6.45, 7) is 0.850. The molecule has 1 aromatic heterocycles. The topological polar surface area (TPSA) is 117 Å². The van der Waals surface area contributed by atoms with Crippen molar-refractivity contribution in [3.63, 3.8) is 0 Å². The molecule has 0 saturated carbocycles. The third-order valence-corrected chi connectivity index (χ3v) is 5.73. The molecule has 2 N–H and O–H groups in total. The summed E-state index contributed by atoms with van der Waals surface area (Å²) in [4.78, 5) is 30.9. The second-order valence-corrected chi connectivity index (χ2v) is 9.31. The summed E-state index contributed by atoms with van der Waals surface area (Å²) in [5.74, 6) is -0.838. The van der Waals surface area contributed by atoms with Gasteiger partial charge in [-0.2, -0.15) is 0 Å². The fraction of sp³-hybridized carbons (Fsp3) is 0.227. The van der Waals surface area contributed by atoms with Crippen molar-refractivity contribution in [2.45, 2.75) is 12.5 Å². The molecule has 1 saturated heterocycles. The highest BCUT2D eigenvalue weighted by atomic mass is 32.2. The minimum absolute atomic E-state index is 0.138. The Hall–Kier alpha value is -3.30. The Morgan fingerprint density at radius 3 is 2.45 bits per heavy atom. The predicted octanol–water partition coefficient (Wildman–Crippen LogP) is 1.80. The minimum atomic E-state index is -3.65. The summed E-state index contributed by atoms with van der Waals surface area (Å²) < 4.78 is 24.5. The number of likely N-dealkylation sites (tertiary alicyclic amines) is 1. The van der Waals surface area contributed by atoms with Crippen LogP contribution >= 0.6 is 0 Å². The standard InChI is InChI=1S/C22H21N3O5S/c1-31(29,30)24-21(27)15-4-2-14(3-5-15)18-8-10-23-20-7-6-16(12-19(18)20)22(28)25-11-9-17(26)13-25/h2-8,10,12,17,26H,9,11,13H2,1H3,(H,24,27)/t17-/m0/s1. The van der Waals surface area contributed by atoms with Crippen LogP contribution in [0.25, 0.3) is 22.0 Å². The Balaban J connectivity index is 1.67. The molecule has 1 fully saturated rings. The number of rotatable bonds is 4. The summed E-state index contributed by atoms with van der Waals surface area (Å²) in [5, 5.41) is 10.5. The number of pyridine rings is 1. The maximum absolute atomic E-state index is 12.8. The van der Waals surface area contributed by atoms with Gasteiger partial charge in [-0.15, -0.1) is 0 Å². The predicted molar refractivity (Wildman–Crippen MR) is 116 cm³/mol. The average Bonchev–Trinajstić information content (AvgIpc) is 3.17. The molecule has 0 unspecified atom stereocenters. The number of nitrogens with one attached hydrogen (secondary N) is 1. The zero-order chi connectivity index (χ0) is 22.2. The van der Waals surface area contributed by atoms with E-state index in [1.165, 1.54) is 0 Å². The molecule has 31 heavy (non-hydrogen) atoms. The van der Waals surface area contributed by atoms with Gasteiger partial charge >= 0.3 is 0 Å². The second-order valence-electron chi connectivity index (χ2n) is 7.56. The summed E-state index contributed by atoms with van der Waals surface area (Å²) in [5.41, 5.74) is 3.08. The van der Waals surface area contributed by atoms with Crippen LogP contribution in [-0.4, -0.2) is 60.7 Å². The Bertz CT molecular complexity index is 1270. The lowest BCUT2D eigenvalue weighted by Gasteiger charge is -2.16. The monoisotopic (exact) mass is 439 g/mol. The molecule has 0 bridgehead atoms. The van der Waals surface area contributed by atoms with Gasteiger partial charge in [0.15, 0.2) is 0 Å². The highest BCUT2D eigenvalue weighted by molar-refractivity contribution is 7.89. The molecule has 3 aromatic rings. The van der Waals surface area contributed by atoms with E-state index in [9.17, 15) is 23.1 Å². The van der Waals surface area contributed by atoms with E-state index in [2.05, 4.69) is 4.98 Å². The normalized spacial score (nSPS) is 16.5. The van der Waals surface area contributed by atoms with Gasteiger partial charge < -0.3 is 10.0 Å². The average molecular weight is 439 g/mol. The first-order chi connectivity index (χ1) is 14.7. The van der Waals surface area contributed by atoms with E-state index in [0.29, 0.717) is 25.1 Å². The van der Waals surface area contributed by atoms with E-state index in [4.69, 9.17) is 0 Å². The molecule has 1 aliphatic heterocycles. The van der Waals surface area contributed by atoms with E-state index in [-0.39, 0.29) is 11.5 Å². The van der Waals surface area contributed by atoms with Crippen LogP contribution in [0, 0.1) is 0 Å². The number of sulfonamides is 1. The number of nitrogens with zero attached hydrogens (tertiary/aromatic N) is 2. The van der Waals surface area contributed by atoms with Gasteiger partial charge in [0.25, 0.3) is 11.8 Å². The summed E-state index contributed by atoms with van der Waals surface area (Å²) in [6, 6.07) is 13.6. The number of hydrogen-bond donors (Lipinski definition) is 2. The lowest BCUT2D eigenvalue weighted by molar-refractivity contribution is 0.0765. The van der Waals surface area contributed by atoms with Crippen molar-refractivity contribution in [3.05, 3.63) is 65.9 Å². The van der Waals surface area contributed by atoms with Crippen LogP contribution in [0.2, 0.25) is 0 Å². The Labute approximate surface area is 179 Å². The van der Waals surface area contributed by atoms with Gasteiger partial charge in [0.2, 0.25) is 10.0 Å². The van der Waals surface area contributed by atoms with Crippen molar-refractivity contribution in [1.82, 2.24) is 14.6 Å². The second kappa shape index (κ2) is 8.09. The molecule has 9 heteroatoms. The number of benzene rings is 2. The number of amides is 2. The van der Waals surface area contributed by atoms with Gasteiger partial charge in [-0.25, -0.2) is 13.1 Å². The number of β-amino-alcohol motifs (C(OH)–C–C–N with tert-alkyl or cyclic N) is 1. The third kappa shape index (κ3) is 4.57. The molecule has 8 nitrogen and oxygen atoms in total. The highest BCUT2D eigenvalue weighted by Gasteiger charge is 2.25. The first-order valence-electron chi connectivity index (χ1n) is 9.70. The molecule has 1 atom stereocenters. The van der Waals surface area contributed by atoms with Gasteiger partial charge in [0.1, 0.15) is 0 Å². The molecular formula is C22H21N3O5S. The van der Waals surface area contributed by atoms with Gasteiger partial charge in [0, 0.05) is 35.8 Å². The first-order valence-corrected chi connectivity index (χ1v) is 11.6. The number of aliphatic hydroxyl groups is 1. The molecule has 1 aliphatic rings. The maximum Gasteiger partial charge on any atom is 0.264 e. The Kier molecular flexibility index (Phi) is 5.47. The van der Waals surface area contributed by atoms with Crippen LogP contribution in [0.4, 0.5) is 0 Å². The van der Waals surface area contributed by atoms with Crippen LogP contribution in [0.3, 0.4) is 0 Å². The van der Waals surface area contributed by atoms with E-state index in [0.717, 1.165) is 28.3 Å². The van der Waals surface area contributed by atoms with Crippen LogP contribution in [0.1, 0.15) is 27.1 Å². The van der Waals surface area contributed by atoms with E-state index < -0.39 is 22.0 Å². The lowest BCUT2D eigenvalue weighted by atomic mass is 9.98. The van der Waals surface area contributed by atoms with E-state index >= 15 is 0 Å². The third-order valence-electron chi connectivity index (χ3n) is 5.18. The van der Waals surface area contributed by atoms with Crippen LogP contribution in [-0.2, 0) is 10.0 Å². The van der Waals surface area contributed by atoms with Crippen molar-refractivity contribution >= 4 is 32.7 Å². The Morgan fingerprint density at radius 1 is 1.10 bits per heavy atom. The number of carbonyl (C=O) groups excluding carboxylic acids is 2. The van der Waals surface area contributed by atoms with E-state index in [1.54, 1.807) is 53.6 Å². The fourth-order valence-corrected chi connectivity index (χ4v) is 4.12.